The molecule has 0 aliphatic carbocycles. The van der Waals surface area contributed by atoms with E-state index in [1.54, 1.807) is 0 Å². The van der Waals surface area contributed by atoms with Crippen molar-refractivity contribution in [1.29, 1.82) is 0 Å². The summed E-state index contributed by atoms with van der Waals surface area (Å²) in [6.45, 7) is 0. The molecule has 0 aliphatic heterocycles. The van der Waals surface area contributed by atoms with Crippen LogP contribution >= 0.6 is 0 Å². The molecule has 1 aromatic rings. The van der Waals surface area contributed by atoms with Crippen LogP contribution in [-0.2, 0) is 10.1 Å². The fraction of sp³-hybridized carbons (Fsp3) is 0. The quantitative estimate of drug-likeness (QED) is 0.399. The van der Waals surface area contributed by atoms with E-state index < -0.39 is 37.7 Å². The molecule has 27 heavy (non-hydrogen) atoms. The molecule has 0 saturated carbocycles. The Hall–Kier alpha value is -0.988. The summed E-state index contributed by atoms with van der Waals surface area (Å²) < 4.78 is 158. The van der Waals surface area contributed by atoms with Gasteiger partial charge < -0.3 is 51.8 Å². The average molecular weight is 445 g/mol. The summed E-state index contributed by atoms with van der Waals surface area (Å²) in [5.74, 6) is -0.544. The Labute approximate surface area is 155 Å². The van der Waals surface area contributed by atoms with Crippen molar-refractivity contribution in [1.82, 2.24) is 0 Å². The van der Waals surface area contributed by atoms with E-state index in [0.717, 1.165) is 24.3 Å². The van der Waals surface area contributed by atoms with E-state index in [1.165, 1.54) is 0 Å². The SMILES string of the molecule is F[B-](F)(F)F.F[B-](F)(F)F.F[B-](F)(F)F.O=S(=O)(O)c1ccc(F)cc1.[LiH]. The van der Waals surface area contributed by atoms with Crippen LogP contribution in [0.4, 0.5) is 56.2 Å². The third-order valence-electron chi connectivity index (χ3n) is 1.11. The molecule has 1 N–H and O–H groups in total. The minimum atomic E-state index is -6.00. The second-order valence-corrected chi connectivity index (χ2v) is 4.84. The van der Waals surface area contributed by atoms with Crippen molar-refractivity contribution in [2.24, 2.45) is 0 Å². The van der Waals surface area contributed by atoms with Crippen LogP contribution in [0.3, 0.4) is 0 Å². The van der Waals surface area contributed by atoms with Gasteiger partial charge in [-0.25, -0.2) is 4.39 Å². The van der Waals surface area contributed by atoms with Gasteiger partial charge in [-0.1, -0.05) is 0 Å². The van der Waals surface area contributed by atoms with Gasteiger partial charge in [0.2, 0.25) is 0 Å². The summed E-state index contributed by atoms with van der Waals surface area (Å²) in [6.07, 6.45) is 0. The first-order valence-corrected chi connectivity index (χ1v) is 6.79. The molecule has 1 rings (SSSR count). The van der Waals surface area contributed by atoms with Crippen molar-refractivity contribution in [3.63, 3.8) is 0 Å². The molecule has 0 fully saturated rings. The van der Waals surface area contributed by atoms with Crippen molar-refractivity contribution in [2.45, 2.75) is 4.90 Å². The van der Waals surface area contributed by atoms with Gasteiger partial charge >= 0.3 is 40.6 Å². The molecule has 3 nitrogen and oxygen atoms in total. The topological polar surface area (TPSA) is 54.4 Å². The molecule has 158 valence electrons. The van der Waals surface area contributed by atoms with Gasteiger partial charge in [-0.05, 0) is 24.3 Å². The average Bonchev–Trinajstić information content (AvgIpc) is 2.20. The number of halogens is 13. The zero-order valence-corrected chi connectivity index (χ0v) is 12.4. The summed E-state index contributed by atoms with van der Waals surface area (Å²) >= 11 is 0. The molecule has 0 aliphatic rings. The van der Waals surface area contributed by atoms with Crippen molar-refractivity contribution >= 4 is 50.7 Å². The Morgan fingerprint density at radius 2 is 0.815 bits per heavy atom. The normalized spacial score (nSPS) is 11.3. The first-order chi connectivity index (χ1) is 11.0. The number of rotatable bonds is 1. The van der Waals surface area contributed by atoms with E-state index in [4.69, 9.17) is 4.55 Å². The minimum absolute atomic E-state index is 0. The van der Waals surface area contributed by atoms with E-state index in [-0.39, 0.29) is 23.8 Å². The van der Waals surface area contributed by atoms with Crippen LogP contribution in [0.15, 0.2) is 29.2 Å². The van der Waals surface area contributed by atoms with E-state index >= 15 is 0 Å². The first-order valence-electron chi connectivity index (χ1n) is 5.35. The first kappa shape index (κ1) is 33.6. The molecule has 0 spiro atoms. The van der Waals surface area contributed by atoms with Gasteiger partial charge in [0.1, 0.15) is 5.82 Å². The molecule has 0 unspecified atom stereocenters. The van der Waals surface area contributed by atoms with Gasteiger partial charge in [-0.15, -0.1) is 0 Å². The Morgan fingerprint density at radius 1 is 0.630 bits per heavy atom. The summed E-state index contributed by atoms with van der Waals surface area (Å²) in [7, 11) is -22.2. The van der Waals surface area contributed by atoms with Crippen LogP contribution in [0.2, 0.25) is 0 Å². The molecule has 0 atom stereocenters. The summed E-state index contributed by atoms with van der Waals surface area (Å²) in [5.41, 5.74) is 0. The molecule has 0 aromatic heterocycles. The van der Waals surface area contributed by atoms with Crippen molar-refractivity contribution < 1.29 is 69.1 Å². The van der Waals surface area contributed by atoms with Crippen LogP contribution in [0.5, 0.6) is 0 Å². The molecular formula is C6H6B3F13LiO3S-3. The molecule has 0 saturated heterocycles. The van der Waals surface area contributed by atoms with Gasteiger partial charge in [0, 0.05) is 0 Å². The number of hydrogen-bond donors (Lipinski definition) is 1. The van der Waals surface area contributed by atoms with Crippen LogP contribution < -0.4 is 0 Å². The predicted octanol–water partition coefficient (Wildman–Crippen LogP) is 4.32. The van der Waals surface area contributed by atoms with Crippen molar-refractivity contribution in [3.05, 3.63) is 30.1 Å². The van der Waals surface area contributed by atoms with Crippen LogP contribution in [0.1, 0.15) is 0 Å². The van der Waals surface area contributed by atoms with Crippen LogP contribution in [0, 0.1) is 5.82 Å². The summed E-state index contributed by atoms with van der Waals surface area (Å²) in [6, 6.07) is 3.90. The number of benzene rings is 1. The Bertz CT molecular complexity index is 553. The van der Waals surface area contributed by atoms with Gasteiger partial charge in [-0.3, -0.25) is 4.55 Å². The molecule has 0 heterocycles. The molecule has 0 radical (unpaired) electrons. The molecule has 1 aromatic carbocycles. The second-order valence-electron chi connectivity index (χ2n) is 3.41. The maximum atomic E-state index is 12.2. The van der Waals surface area contributed by atoms with Gasteiger partial charge in [0.15, 0.2) is 0 Å². The molecule has 0 amide bonds. The third-order valence-corrected chi connectivity index (χ3v) is 1.98. The van der Waals surface area contributed by atoms with E-state index in [0.29, 0.717) is 0 Å². The molecule has 21 heteroatoms. The van der Waals surface area contributed by atoms with Crippen LogP contribution in [0.25, 0.3) is 0 Å². The zero-order valence-electron chi connectivity index (χ0n) is 11.6. The Morgan fingerprint density at radius 3 is 0.963 bits per heavy atom. The second kappa shape index (κ2) is 13.2. The van der Waals surface area contributed by atoms with Crippen LogP contribution in [-0.4, -0.2) is 53.6 Å². The summed E-state index contributed by atoms with van der Waals surface area (Å²) in [4.78, 5) is -0.307. The standard InChI is InChI=1S/C6H5FO3S.3BF4.Li.H/c7-5-1-3-6(4-2-5)11(8,9)10;3*2-1(3,4)5;;/h1-4H,(H,8,9,10);;;;;/q;3*-1;;. The summed E-state index contributed by atoms with van der Waals surface area (Å²) in [5, 5.41) is 0. The van der Waals surface area contributed by atoms with E-state index in [1.807, 2.05) is 0 Å². The van der Waals surface area contributed by atoms with Gasteiger partial charge in [-0.2, -0.15) is 8.42 Å². The molecule has 0 bridgehead atoms. The van der Waals surface area contributed by atoms with Crippen molar-refractivity contribution in [2.75, 3.05) is 0 Å². The monoisotopic (exact) mass is 445 g/mol. The Kier molecular flexibility index (Phi) is 16.5. The number of hydrogen-bond acceptors (Lipinski definition) is 2. The fourth-order valence-electron chi connectivity index (χ4n) is 0.607. The van der Waals surface area contributed by atoms with Gasteiger partial charge in [0.25, 0.3) is 10.1 Å². The third kappa shape index (κ3) is 58.8. The van der Waals surface area contributed by atoms with Crippen molar-refractivity contribution in [3.8, 4) is 0 Å². The van der Waals surface area contributed by atoms with E-state index in [2.05, 4.69) is 0 Å². The maximum absolute atomic E-state index is 12.2. The van der Waals surface area contributed by atoms with Gasteiger partial charge in [0.05, 0.1) is 4.90 Å². The zero-order chi connectivity index (χ0) is 22.0. The fourth-order valence-corrected chi connectivity index (χ4v) is 1.09. The molecular weight excluding hydrogens is 438 g/mol. The Balaban J connectivity index is -0.000000142. The van der Waals surface area contributed by atoms with E-state index in [9.17, 15) is 64.6 Å². The predicted molar refractivity (Wildman–Crippen MR) is 73.9 cm³/mol.